The zero-order chi connectivity index (χ0) is 19.9. The summed E-state index contributed by atoms with van der Waals surface area (Å²) in [6, 6.07) is 16.3. The molecule has 0 saturated carbocycles. The summed E-state index contributed by atoms with van der Waals surface area (Å²) < 4.78 is 6.57. The van der Waals surface area contributed by atoms with E-state index in [-0.39, 0.29) is 6.03 Å². The molecule has 4 N–H and O–H groups in total. The van der Waals surface area contributed by atoms with Crippen molar-refractivity contribution in [3.05, 3.63) is 59.6 Å². The molecule has 0 radical (unpaired) electrons. The van der Waals surface area contributed by atoms with Gasteiger partial charge in [0.1, 0.15) is 11.4 Å². The number of nitrogens with two attached hydrogens (primary N) is 1. The number of urea groups is 1. The SMILES string of the molecule is COCCCNC(=O)Nc1c(-c2ccccc2)nn(-c2ccc(Cl)cc2)c1N. The Hall–Kier alpha value is -3.03. The number of carbonyl (C=O) groups excluding carboxylic acids is 1. The molecular formula is C20H22ClN5O2. The first kappa shape index (κ1) is 19.7. The number of hydrogen-bond donors (Lipinski definition) is 3. The van der Waals surface area contributed by atoms with Gasteiger partial charge in [0.2, 0.25) is 0 Å². The summed E-state index contributed by atoms with van der Waals surface area (Å²) in [6.07, 6.45) is 0.717. The maximum Gasteiger partial charge on any atom is 0.319 e. The van der Waals surface area contributed by atoms with Gasteiger partial charge >= 0.3 is 6.03 Å². The number of ether oxygens (including phenoxy) is 1. The lowest BCUT2D eigenvalue weighted by molar-refractivity contribution is 0.194. The number of methoxy groups -OCH3 is 1. The van der Waals surface area contributed by atoms with Crippen molar-refractivity contribution in [1.82, 2.24) is 15.1 Å². The Morgan fingerprint density at radius 2 is 1.89 bits per heavy atom. The lowest BCUT2D eigenvalue weighted by Gasteiger charge is -2.09. The Bertz CT molecular complexity index is 926. The standard InChI is InChI=1S/C20H22ClN5O2/c1-28-13-5-12-23-20(27)24-18-17(14-6-3-2-4-7-14)25-26(19(18)22)16-10-8-15(21)9-11-16/h2-4,6-11H,5,12-13,22H2,1H3,(H2,23,24,27). The molecule has 7 nitrogen and oxygen atoms in total. The Labute approximate surface area is 168 Å². The van der Waals surface area contributed by atoms with Crippen molar-refractivity contribution >= 4 is 29.1 Å². The highest BCUT2D eigenvalue weighted by Gasteiger charge is 2.20. The molecule has 2 amide bonds. The molecule has 0 aliphatic heterocycles. The smallest absolute Gasteiger partial charge is 0.319 e. The fourth-order valence-electron chi connectivity index (χ4n) is 2.71. The van der Waals surface area contributed by atoms with Gasteiger partial charge in [0.05, 0.1) is 5.69 Å². The van der Waals surface area contributed by atoms with Crippen LogP contribution < -0.4 is 16.4 Å². The minimum Gasteiger partial charge on any atom is -0.385 e. The molecule has 1 heterocycles. The van der Waals surface area contributed by atoms with Crippen LogP contribution in [0, 0.1) is 0 Å². The number of nitrogens with one attached hydrogen (secondary N) is 2. The number of rotatable bonds is 7. The molecule has 1 aromatic heterocycles. The fourth-order valence-corrected chi connectivity index (χ4v) is 2.83. The Morgan fingerprint density at radius 3 is 2.57 bits per heavy atom. The lowest BCUT2D eigenvalue weighted by atomic mass is 10.1. The van der Waals surface area contributed by atoms with Crippen LogP contribution in [0.15, 0.2) is 54.6 Å². The number of nitrogens with zero attached hydrogens (tertiary/aromatic N) is 2. The molecule has 0 atom stereocenters. The van der Waals surface area contributed by atoms with Gasteiger partial charge in [-0.05, 0) is 30.7 Å². The maximum atomic E-state index is 12.3. The molecule has 146 valence electrons. The Morgan fingerprint density at radius 1 is 1.18 bits per heavy atom. The van der Waals surface area contributed by atoms with E-state index in [1.54, 1.807) is 23.9 Å². The van der Waals surface area contributed by atoms with E-state index < -0.39 is 0 Å². The highest BCUT2D eigenvalue weighted by atomic mass is 35.5. The van der Waals surface area contributed by atoms with Gasteiger partial charge in [-0.15, -0.1) is 0 Å². The second-order valence-corrected chi connectivity index (χ2v) is 6.53. The summed E-state index contributed by atoms with van der Waals surface area (Å²) in [6.45, 7) is 1.07. The van der Waals surface area contributed by atoms with Gasteiger partial charge in [-0.25, -0.2) is 9.48 Å². The molecule has 2 aromatic carbocycles. The third kappa shape index (κ3) is 4.62. The van der Waals surface area contributed by atoms with Gasteiger partial charge < -0.3 is 21.1 Å². The topological polar surface area (TPSA) is 94.2 Å². The molecule has 0 saturated heterocycles. The van der Waals surface area contributed by atoms with E-state index in [0.717, 1.165) is 17.7 Å². The monoisotopic (exact) mass is 399 g/mol. The van der Waals surface area contributed by atoms with Gasteiger partial charge in [-0.1, -0.05) is 41.9 Å². The number of hydrogen-bond acceptors (Lipinski definition) is 4. The van der Waals surface area contributed by atoms with E-state index in [2.05, 4.69) is 15.7 Å². The van der Waals surface area contributed by atoms with Crippen molar-refractivity contribution in [2.75, 3.05) is 31.3 Å². The number of anilines is 2. The van der Waals surface area contributed by atoms with Crippen molar-refractivity contribution in [2.24, 2.45) is 0 Å². The van der Waals surface area contributed by atoms with Gasteiger partial charge in [-0.3, -0.25) is 0 Å². The minimum atomic E-state index is -0.351. The summed E-state index contributed by atoms with van der Waals surface area (Å²) in [7, 11) is 1.62. The average Bonchev–Trinajstić information content (AvgIpc) is 3.03. The quantitative estimate of drug-likeness (QED) is 0.524. The highest BCUT2D eigenvalue weighted by molar-refractivity contribution is 6.30. The van der Waals surface area contributed by atoms with Crippen LogP contribution >= 0.6 is 11.6 Å². The molecule has 0 unspecified atom stereocenters. The lowest BCUT2D eigenvalue weighted by Crippen LogP contribution is -2.30. The predicted molar refractivity (Wildman–Crippen MR) is 112 cm³/mol. The zero-order valence-corrected chi connectivity index (χ0v) is 16.2. The van der Waals surface area contributed by atoms with Crippen LogP contribution in [0.2, 0.25) is 5.02 Å². The molecule has 0 bridgehead atoms. The molecule has 0 fully saturated rings. The zero-order valence-electron chi connectivity index (χ0n) is 15.5. The van der Waals surface area contributed by atoms with E-state index in [1.807, 2.05) is 42.5 Å². The van der Waals surface area contributed by atoms with Crippen LogP contribution in [0.1, 0.15) is 6.42 Å². The van der Waals surface area contributed by atoms with Crippen LogP contribution in [0.3, 0.4) is 0 Å². The van der Waals surface area contributed by atoms with Crippen LogP contribution in [-0.2, 0) is 4.74 Å². The Kier molecular flexibility index (Phi) is 6.52. The summed E-state index contributed by atoms with van der Waals surface area (Å²) in [5.41, 5.74) is 8.96. The van der Waals surface area contributed by atoms with Crippen molar-refractivity contribution < 1.29 is 9.53 Å². The van der Waals surface area contributed by atoms with Crippen molar-refractivity contribution in [1.29, 1.82) is 0 Å². The first-order chi connectivity index (χ1) is 13.6. The third-order valence-electron chi connectivity index (χ3n) is 4.09. The highest BCUT2D eigenvalue weighted by Crippen LogP contribution is 2.34. The van der Waals surface area contributed by atoms with Crippen LogP contribution in [0.4, 0.5) is 16.3 Å². The second kappa shape index (κ2) is 9.25. The number of halogens is 1. The summed E-state index contributed by atoms with van der Waals surface area (Å²) in [4.78, 5) is 12.3. The van der Waals surface area contributed by atoms with E-state index in [9.17, 15) is 4.79 Å². The molecule has 0 spiro atoms. The van der Waals surface area contributed by atoms with E-state index in [0.29, 0.717) is 35.4 Å². The molecular weight excluding hydrogens is 378 g/mol. The maximum absolute atomic E-state index is 12.3. The number of aromatic nitrogens is 2. The van der Waals surface area contributed by atoms with Crippen LogP contribution in [0.5, 0.6) is 0 Å². The molecule has 8 heteroatoms. The number of carbonyl (C=O) groups is 1. The van der Waals surface area contributed by atoms with Gasteiger partial charge in [0, 0.05) is 30.8 Å². The summed E-state index contributed by atoms with van der Waals surface area (Å²) >= 11 is 5.98. The number of benzene rings is 2. The second-order valence-electron chi connectivity index (χ2n) is 6.09. The fraction of sp³-hybridized carbons (Fsp3) is 0.200. The normalized spacial score (nSPS) is 10.6. The molecule has 0 aliphatic carbocycles. The predicted octanol–water partition coefficient (Wildman–Crippen LogP) is 3.93. The van der Waals surface area contributed by atoms with E-state index >= 15 is 0 Å². The average molecular weight is 400 g/mol. The number of nitrogen functional groups attached to an aromatic ring is 1. The summed E-state index contributed by atoms with van der Waals surface area (Å²) in [5, 5.41) is 10.9. The Balaban J connectivity index is 1.92. The van der Waals surface area contributed by atoms with Crippen molar-refractivity contribution in [2.45, 2.75) is 6.42 Å². The van der Waals surface area contributed by atoms with Gasteiger partial charge in [0.15, 0.2) is 5.82 Å². The largest absolute Gasteiger partial charge is 0.385 e. The van der Waals surface area contributed by atoms with E-state index in [4.69, 9.17) is 22.1 Å². The van der Waals surface area contributed by atoms with Crippen molar-refractivity contribution in [3.8, 4) is 16.9 Å². The first-order valence-corrected chi connectivity index (χ1v) is 9.21. The molecule has 3 aromatic rings. The van der Waals surface area contributed by atoms with E-state index in [1.165, 1.54) is 0 Å². The minimum absolute atomic E-state index is 0.327. The molecule has 28 heavy (non-hydrogen) atoms. The summed E-state index contributed by atoms with van der Waals surface area (Å²) in [5.74, 6) is 0.327. The molecule has 0 aliphatic rings. The van der Waals surface area contributed by atoms with Crippen LogP contribution in [0.25, 0.3) is 16.9 Å². The van der Waals surface area contributed by atoms with Gasteiger partial charge in [0.25, 0.3) is 0 Å². The number of amides is 2. The first-order valence-electron chi connectivity index (χ1n) is 8.84. The van der Waals surface area contributed by atoms with Gasteiger partial charge in [-0.2, -0.15) is 5.10 Å². The third-order valence-corrected chi connectivity index (χ3v) is 4.34. The van der Waals surface area contributed by atoms with Crippen LogP contribution in [-0.4, -0.2) is 36.1 Å². The molecule has 3 rings (SSSR count). The van der Waals surface area contributed by atoms with Crippen molar-refractivity contribution in [3.63, 3.8) is 0 Å².